The summed E-state index contributed by atoms with van der Waals surface area (Å²) in [7, 11) is 0. The molecule has 0 fully saturated rings. The maximum absolute atomic E-state index is 6.12. The van der Waals surface area contributed by atoms with Gasteiger partial charge in [0.2, 0.25) is 0 Å². The summed E-state index contributed by atoms with van der Waals surface area (Å²) in [5.41, 5.74) is 0.716. The predicted molar refractivity (Wildman–Crippen MR) is 78.3 cm³/mol. The fraction of sp³-hybridized carbons (Fsp3) is 0. The number of rotatable bonds is 2. The van der Waals surface area contributed by atoms with Gasteiger partial charge in [-0.1, -0.05) is 41.4 Å². The van der Waals surface area contributed by atoms with Crippen LogP contribution in [0.15, 0.2) is 54.7 Å². The first-order chi connectivity index (χ1) is 9.25. The lowest BCUT2D eigenvalue weighted by molar-refractivity contribution is 0.488. The molecule has 0 saturated carbocycles. The minimum atomic E-state index is 0.564. The van der Waals surface area contributed by atoms with Crippen LogP contribution in [0.5, 0.6) is 11.5 Å². The number of nitrogens with zero attached hydrogens (tertiary/aromatic N) is 1. The molecular formula is C15H9Cl2NO. The molecule has 0 aliphatic carbocycles. The van der Waals surface area contributed by atoms with Gasteiger partial charge in [-0.3, -0.25) is 4.98 Å². The van der Waals surface area contributed by atoms with E-state index in [2.05, 4.69) is 4.98 Å². The van der Waals surface area contributed by atoms with Gasteiger partial charge < -0.3 is 4.74 Å². The molecule has 4 heteroatoms. The summed E-state index contributed by atoms with van der Waals surface area (Å²) < 4.78 is 5.85. The largest absolute Gasteiger partial charge is 0.455 e. The predicted octanol–water partition coefficient (Wildman–Crippen LogP) is 5.33. The monoisotopic (exact) mass is 289 g/mol. The van der Waals surface area contributed by atoms with Gasteiger partial charge in [0, 0.05) is 11.6 Å². The molecule has 0 saturated heterocycles. The SMILES string of the molecule is Clc1ccccc1Oc1ccnc2c(Cl)cccc12. The van der Waals surface area contributed by atoms with Gasteiger partial charge in [0.1, 0.15) is 11.5 Å². The third-order valence-corrected chi connectivity index (χ3v) is 3.36. The normalized spacial score (nSPS) is 10.6. The zero-order valence-corrected chi connectivity index (χ0v) is 11.3. The summed E-state index contributed by atoms with van der Waals surface area (Å²) in [6.07, 6.45) is 1.67. The van der Waals surface area contributed by atoms with Gasteiger partial charge in [-0.05, 0) is 30.3 Å². The topological polar surface area (TPSA) is 22.1 Å². The van der Waals surface area contributed by atoms with Gasteiger partial charge in [-0.25, -0.2) is 0 Å². The maximum atomic E-state index is 6.12. The van der Waals surface area contributed by atoms with Crippen LogP contribution in [0.4, 0.5) is 0 Å². The second-order valence-corrected chi connectivity index (χ2v) is 4.79. The summed E-state index contributed by atoms with van der Waals surface area (Å²) in [4.78, 5) is 4.26. The first kappa shape index (κ1) is 12.3. The van der Waals surface area contributed by atoms with Crippen molar-refractivity contribution in [3.8, 4) is 11.5 Å². The van der Waals surface area contributed by atoms with E-state index in [1.807, 2.05) is 30.3 Å². The quantitative estimate of drug-likeness (QED) is 0.636. The number of hydrogen-bond acceptors (Lipinski definition) is 2. The Labute approximate surface area is 120 Å². The number of fused-ring (bicyclic) bond motifs is 1. The van der Waals surface area contributed by atoms with Crippen LogP contribution in [0.25, 0.3) is 10.9 Å². The molecule has 3 aromatic rings. The molecule has 2 aromatic carbocycles. The Balaban J connectivity index is 2.12. The highest BCUT2D eigenvalue weighted by atomic mass is 35.5. The van der Waals surface area contributed by atoms with E-state index in [4.69, 9.17) is 27.9 Å². The van der Waals surface area contributed by atoms with E-state index in [1.165, 1.54) is 0 Å². The number of benzene rings is 2. The molecule has 94 valence electrons. The van der Waals surface area contributed by atoms with Crippen molar-refractivity contribution < 1.29 is 4.74 Å². The number of halogens is 2. The van der Waals surface area contributed by atoms with Gasteiger partial charge in [0.25, 0.3) is 0 Å². The molecular weight excluding hydrogens is 281 g/mol. The lowest BCUT2D eigenvalue weighted by Crippen LogP contribution is -1.88. The van der Waals surface area contributed by atoms with Crippen LogP contribution >= 0.6 is 23.2 Å². The summed E-state index contributed by atoms with van der Waals surface area (Å²) in [6, 6.07) is 14.7. The van der Waals surface area contributed by atoms with Gasteiger partial charge in [-0.15, -0.1) is 0 Å². The van der Waals surface area contributed by atoms with Crippen LogP contribution in [0, 0.1) is 0 Å². The van der Waals surface area contributed by atoms with E-state index in [-0.39, 0.29) is 0 Å². The summed E-state index contributed by atoms with van der Waals surface area (Å²) in [6.45, 7) is 0. The Kier molecular flexibility index (Phi) is 3.28. The Morgan fingerprint density at radius 2 is 1.58 bits per heavy atom. The van der Waals surface area contributed by atoms with Crippen molar-refractivity contribution >= 4 is 34.1 Å². The Morgan fingerprint density at radius 3 is 2.42 bits per heavy atom. The highest BCUT2D eigenvalue weighted by molar-refractivity contribution is 6.35. The van der Waals surface area contributed by atoms with E-state index in [0.29, 0.717) is 27.1 Å². The molecule has 1 heterocycles. The molecule has 0 unspecified atom stereocenters. The fourth-order valence-corrected chi connectivity index (χ4v) is 2.25. The first-order valence-electron chi connectivity index (χ1n) is 5.71. The van der Waals surface area contributed by atoms with Crippen molar-refractivity contribution in [1.29, 1.82) is 0 Å². The van der Waals surface area contributed by atoms with Crippen LogP contribution in [-0.4, -0.2) is 4.98 Å². The number of pyridine rings is 1. The molecule has 0 amide bonds. The average Bonchev–Trinajstić information content (AvgIpc) is 2.42. The third kappa shape index (κ3) is 2.37. The standard InChI is InChI=1S/C15H9Cl2NO/c16-11-5-1-2-7-14(11)19-13-8-9-18-15-10(13)4-3-6-12(15)17/h1-9H. The lowest BCUT2D eigenvalue weighted by Gasteiger charge is -2.10. The molecule has 0 atom stereocenters. The third-order valence-electron chi connectivity index (χ3n) is 2.74. The molecule has 0 aliphatic heterocycles. The van der Waals surface area contributed by atoms with E-state index in [9.17, 15) is 0 Å². The number of hydrogen-bond donors (Lipinski definition) is 0. The molecule has 0 spiro atoms. The lowest BCUT2D eigenvalue weighted by atomic mass is 10.2. The zero-order chi connectivity index (χ0) is 13.2. The van der Waals surface area contributed by atoms with Crippen LogP contribution in [0.2, 0.25) is 10.0 Å². The minimum Gasteiger partial charge on any atom is -0.455 e. The molecule has 3 rings (SSSR count). The molecule has 2 nitrogen and oxygen atoms in total. The second-order valence-electron chi connectivity index (χ2n) is 3.98. The van der Waals surface area contributed by atoms with Crippen LogP contribution < -0.4 is 4.74 Å². The molecule has 0 radical (unpaired) electrons. The van der Waals surface area contributed by atoms with E-state index in [0.717, 1.165) is 5.39 Å². The van der Waals surface area contributed by atoms with E-state index >= 15 is 0 Å². The van der Waals surface area contributed by atoms with E-state index < -0.39 is 0 Å². The average molecular weight is 290 g/mol. The number of aromatic nitrogens is 1. The summed E-state index contributed by atoms with van der Waals surface area (Å²) in [5.74, 6) is 1.29. The minimum absolute atomic E-state index is 0.564. The second kappa shape index (κ2) is 5.08. The highest BCUT2D eigenvalue weighted by Gasteiger charge is 2.08. The van der Waals surface area contributed by atoms with Gasteiger partial charge in [0.15, 0.2) is 0 Å². The Bertz CT molecular complexity index is 743. The van der Waals surface area contributed by atoms with Crippen molar-refractivity contribution in [2.45, 2.75) is 0 Å². The molecule has 19 heavy (non-hydrogen) atoms. The number of ether oxygens (including phenoxy) is 1. The highest BCUT2D eigenvalue weighted by Crippen LogP contribution is 2.34. The number of para-hydroxylation sites is 2. The Morgan fingerprint density at radius 1 is 0.789 bits per heavy atom. The summed E-state index contributed by atoms with van der Waals surface area (Å²) >= 11 is 12.2. The van der Waals surface area contributed by atoms with Crippen molar-refractivity contribution in [3.63, 3.8) is 0 Å². The van der Waals surface area contributed by atoms with Crippen LogP contribution in [0.3, 0.4) is 0 Å². The van der Waals surface area contributed by atoms with Crippen molar-refractivity contribution in [1.82, 2.24) is 4.98 Å². The molecule has 0 N–H and O–H groups in total. The van der Waals surface area contributed by atoms with Gasteiger partial charge >= 0.3 is 0 Å². The van der Waals surface area contributed by atoms with Gasteiger partial charge in [0.05, 0.1) is 15.6 Å². The molecule has 1 aromatic heterocycles. The van der Waals surface area contributed by atoms with Gasteiger partial charge in [-0.2, -0.15) is 0 Å². The van der Waals surface area contributed by atoms with Crippen molar-refractivity contribution in [2.24, 2.45) is 0 Å². The van der Waals surface area contributed by atoms with Crippen molar-refractivity contribution in [3.05, 3.63) is 64.8 Å². The zero-order valence-electron chi connectivity index (χ0n) is 9.81. The first-order valence-corrected chi connectivity index (χ1v) is 6.47. The Hall–Kier alpha value is -1.77. The van der Waals surface area contributed by atoms with E-state index in [1.54, 1.807) is 24.4 Å². The van der Waals surface area contributed by atoms with Crippen LogP contribution in [-0.2, 0) is 0 Å². The smallest absolute Gasteiger partial charge is 0.146 e. The maximum Gasteiger partial charge on any atom is 0.146 e. The fourth-order valence-electron chi connectivity index (χ4n) is 1.85. The van der Waals surface area contributed by atoms with Crippen molar-refractivity contribution in [2.75, 3.05) is 0 Å². The molecule has 0 aliphatic rings. The van der Waals surface area contributed by atoms with Crippen LogP contribution in [0.1, 0.15) is 0 Å². The summed E-state index contributed by atoms with van der Waals surface area (Å²) in [5, 5.41) is 2.02. The molecule has 0 bridgehead atoms.